The second-order valence-corrected chi connectivity index (χ2v) is 8.50. The number of nitrogens with two attached hydrogens (primary N) is 1. The standard InChI is InChI=1S/C21H21NO8/c1-6-3-4-9(23)13-11(6)7(2)12-15(17(13)26)19(28)21(30)8(16(12)25)5-10(24)14(18(21)27)20(22)29/h3-4,7-8,12,14-16,23,25,30H,5H2,1-2H3,(H2,22,29)/t7-,8+,12+,14?,15?,16+,21+/m0/s1. The Balaban J connectivity index is 1.92. The van der Waals surface area contributed by atoms with Crippen LogP contribution < -0.4 is 5.73 Å². The molecule has 0 spiro atoms. The predicted molar refractivity (Wildman–Crippen MR) is 99.3 cm³/mol. The van der Waals surface area contributed by atoms with Crippen molar-refractivity contribution in [3.8, 4) is 5.75 Å². The van der Waals surface area contributed by atoms with Gasteiger partial charge in [-0.3, -0.25) is 24.0 Å². The number of aliphatic hydroxyl groups excluding tert-OH is 1. The Hall–Kier alpha value is -2.91. The summed E-state index contributed by atoms with van der Waals surface area (Å²) in [4.78, 5) is 63.4. The first-order valence-electron chi connectivity index (χ1n) is 9.62. The largest absolute Gasteiger partial charge is 0.507 e. The van der Waals surface area contributed by atoms with Crippen LogP contribution in [0.2, 0.25) is 0 Å². The number of hydrogen-bond donors (Lipinski definition) is 4. The predicted octanol–water partition coefficient (Wildman–Crippen LogP) is -0.833. The highest BCUT2D eigenvalue weighted by molar-refractivity contribution is 6.31. The van der Waals surface area contributed by atoms with E-state index in [-0.39, 0.29) is 11.3 Å². The van der Waals surface area contributed by atoms with Gasteiger partial charge in [0.05, 0.1) is 17.6 Å². The summed E-state index contributed by atoms with van der Waals surface area (Å²) in [5.41, 5.74) is 3.30. The monoisotopic (exact) mass is 415 g/mol. The maximum Gasteiger partial charge on any atom is 0.235 e. The summed E-state index contributed by atoms with van der Waals surface area (Å²) in [6.07, 6.45) is -2.15. The molecule has 0 heterocycles. The summed E-state index contributed by atoms with van der Waals surface area (Å²) >= 11 is 0. The minimum Gasteiger partial charge on any atom is -0.507 e. The summed E-state index contributed by atoms with van der Waals surface area (Å²) in [5.74, 6) is -12.6. The molecule has 3 aliphatic carbocycles. The molecule has 0 radical (unpaired) electrons. The molecule has 9 nitrogen and oxygen atoms in total. The molecule has 0 saturated heterocycles. The van der Waals surface area contributed by atoms with Gasteiger partial charge in [0, 0.05) is 18.3 Å². The molecule has 0 aliphatic heterocycles. The third kappa shape index (κ3) is 2.27. The minimum atomic E-state index is -2.89. The Kier molecular flexibility index (Phi) is 4.27. The van der Waals surface area contributed by atoms with Gasteiger partial charge in [0.1, 0.15) is 5.75 Å². The van der Waals surface area contributed by atoms with E-state index < -0.39 is 76.8 Å². The normalized spacial score (nSPS) is 38.0. The Morgan fingerprint density at radius 1 is 1.17 bits per heavy atom. The first-order valence-corrected chi connectivity index (χ1v) is 9.62. The number of Topliss-reactive ketones (excluding diaryl/α,β-unsaturated/α-hetero) is 4. The Morgan fingerprint density at radius 3 is 2.40 bits per heavy atom. The summed E-state index contributed by atoms with van der Waals surface area (Å²) in [7, 11) is 0. The van der Waals surface area contributed by atoms with Crippen molar-refractivity contribution in [2.24, 2.45) is 29.4 Å². The molecule has 158 valence electrons. The van der Waals surface area contributed by atoms with E-state index in [1.807, 2.05) is 0 Å². The lowest BCUT2D eigenvalue weighted by Gasteiger charge is -2.53. The molecule has 2 fully saturated rings. The number of aromatic hydroxyl groups is 1. The Morgan fingerprint density at radius 2 is 1.80 bits per heavy atom. The van der Waals surface area contributed by atoms with Gasteiger partial charge in [-0.1, -0.05) is 13.0 Å². The lowest BCUT2D eigenvalue weighted by atomic mass is 9.50. The molecule has 5 N–H and O–H groups in total. The van der Waals surface area contributed by atoms with Gasteiger partial charge in [-0.05, 0) is 30.0 Å². The van der Waals surface area contributed by atoms with Crippen LogP contribution in [0.5, 0.6) is 5.75 Å². The fourth-order valence-corrected chi connectivity index (χ4v) is 5.65. The molecule has 7 atom stereocenters. The number of carbonyl (C=O) groups is 5. The molecule has 1 aromatic carbocycles. The van der Waals surface area contributed by atoms with Crippen LogP contribution in [0, 0.1) is 30.6 Å². The highest BCUT2D eigenvalue weighted by Crippen LogP contribution is 2.54. The van der Waals surface area contributed by atoms with E-state index in [4.69, 9.17) is 5.73 Å². The molecule has 2 unspecified atom stereocenters. The minimum absolute atomic E-state index is 0.0860. The van der Waals surface area contributed by atoms with Crippen molar-refractivity contribution < 1.29 is 39.3 Å². The van der Waals surface area contributed by atoms with Gasteiger partial charge in [-0.25, -0.2) is 0 Å². The molecule has 3 aliphatic rings. The van der Waals surface area contributed by atoms with Gasteiger partial charge in [-0.15, -0.1) is 0 Å². The third-order valence-corrected chi connectivity index (χ3v) is 7.05. The van der Waals surface area contributed by atoms with Crippen LogP contribution in [0.25, 0.3) is 0 Å². The van der Waals surface area contributed by atoms with Crippen molar-refractivity contribution in [3.05, 3.63) is 28.8 Å². The number of fused-ring (bicyclic) bond motifs is 3. The van der Waals surface area contributed by atoms with E-state index in [2.05, 4.69) is 0 Å². The fraction of sp³-hybridized carbons (Fsp3) is 0.476. The molecule has 9 heteroatoms. The number of ketones is 4. The van der Waals surface area contributed by atoms with E-state index in [0.717, 1.165) is 0 Å². The number of primary amides is 1. The Labute approximate surface area is 170 Å². The molecule has 2 saturated carbocycles. The topological polar surface area (TPSA) is 172 Å². The fourth-order valence-electron chi connectivity index (χ4n) is 5.65. The number of rotatable bonds is 1. The average molecular weight is 415 g/mol. The van der Waals surface area contributed by atoms with Crippen molar-refractivity contribution >= 4 is 29.0 Å². The maximum absolute atomic E-state index is 13.4. The number of aliphatic hydroxyl groups is 2. The second-order valence-electron chi connectivity index (χ2n) is 8.50. The van der Waals surface area contributed by atoms with Gasteiger partial charge in [0.25, 0.3) is 0 Å². The average Bonchev–Trinajstić information content (AvgIpc) is 2.66. The molecule has 1 aromatic rings. The van der Waals surface area contributed by atoms with E-state index in [1.165, 1.54) is 6.07 Å². The van der Waals surface area contributed by atoms with Crippen LogP contribution in [0.3, 0.4) is 0 Å². The number of carbonyl (C=O) groups excluding carboxylic acids is 5. The van der Waals surface area contributed by atoms with Crippen LogP contribution in [0.1, 0.15) is 40.7 Å². The van der Waals surface area contributed by atoms with E-state index in [1.54, 1.807) is 19.9 Å². The molecule has 30 heavy (non-hydrogen) atoms. The van der Waals surface area contributed by atoms with Crippen molar-refractivity contribution in [2.75, 3.05) is 0 Å². The van der Waals surface area contributed by atoms with Gasteiger partial charge in [-0.2, -0.15) is 0 Å². The Bertz CT molecular complexity index is 1050. The lowest BCUT2D eigenvalue weighted by Crippen LogP contribution is -2.72. The van der Waals surface area contributed by atoms with Crippen LogP contribution in [0.15, 0.2) is 12.1 Å². The first-order chi connectivity index (χ1) is 13.9. The van der Waals surface area contributed by atoms with Crippen LogP contribution in [-0.4, -0.2) is 56.1 Å². The van der Waals surface area contributed by atoms with E-state index >= 15 is 0 Å². The quantitative estimate of drug-likeness (QED) is 0.430. The zero-order valence-corrected chi connectivity index (χ0v) is 16.3. The molecule has 0 aromatic heterocycles. The zero-order chi connectivity index (χ0) is 22.3. The number of aryl methyl sites for hydroxylation is 1. The zero-order valence-electron chi connectivity index (χ0n) is 16.3. The number of phenolic OH excluding ortho intramolecular Hbond substituents is 1. The molecular weight excluding hydrogens is 394 g/mol. The third-order valence-electron chi connectivity index (χ3n) is 7.05. The summed E-state index contributed by atoms with van der Waals surface area (Å²) in [6, 6.07) is 2.92. The lowest BCUT2D eigenvalue weighted by molar-refractivity contribution is -0.189. The summed E-state index contributed by atoms with van der Waals surface area (Å²) < 4.78 is 0. The van der Waals surface area contributed by atoms with Crippen LogP contribution >= 0.6 is 0 Å². The first kappa shape index (κ1) is 20.4. The molecular formula is C21H21NO8. The van der Waals surface area contributed by atoms with Gasteiger partial charge < -0.3 is 21.1 Å². The van der Waals surface area contributed by atoms with Crippen molar-refractivity contribution in [2.45, 2.75) is 37.9 Å². The van der Waals surface area contributed by atoms with Crippen molar-refractivity contribution in [1.29, 1.82) is 0 Å². The van der Waals surface area contributed by atoms with Gasteiger partial charge in [0.2, 0.25) is 5.91 Å². The number of phenols is 1. The van der Waals surface area contributed by atoms with Crippen LogP contribution in [0.4, 0.5) is 0 Å². The highest BCUT2D eigenvalue weighted by atomic mass is 16.3. The molecule has 0 bridgehead atoms. The maximum atomic E-state index is 13.4. The van der Waals surface area contributed by atoms with Crippen molar-refractivity contribution in [1.82, 2.24) is 0 Å². The van der Waals surface area contributed by atoms with Gasteiger partial charge >= 0.3 is 0 Å². The number of hydrogen-bond acceptors (Lipinski definition) is 8. The molecule has 4 rings (SSSR count). The summed E-state index contributed by atoms with van der Waals surface area (Å²) in [6.45, 7) is 3.40. The number of amides is 1. The van der Waals surface area contributed by atoms with Crippen molar-refractivity contribution in [3.63, 3.8) is 0 Å². The SMILES string of the molecule is Cc1ccc(O)c2c1[C@H](C)[C@@H]1C(C2=O)C(=O)[C@]2(O)C(=O)C(C(N)=O)C(=O)C[C@@H]2[C@H]1O. The second kappa shape index (κ2) is 6.29. The van der Waals surface area contributed by atoms with Gasteiger partial charge in [0.15, 0.2) is 34.7 Å². The molecule has 1 amide bonds. The van der Waals surface area contributed by atoms with E-state index in [9.17, 15) is 39.3 Å². The van der Waals surface area contributed by atoms with E-state index in [0.29, 0.717) is 11.1 Å². The summed E-state index contributed by atoms with van der Waals surface area (Å²) in [5, 5.41) is 32.5. The number of benzene rings is 1. The highest BCUT2D eigenvalue weighted by Gasteiger charge is 2.69. The smallest absolute Gasteiger partial charge is 0.235 e. The van der Waals surface area contributed by atoms with Crippen LogP contribution in [-0.2, 0) is 19.2 Å².